The lowest BCUT2D eigenvalue weighted by atomic mass is 10.0. The van der Waals surface area contributed by atoms with Gasteiger partial charge in [0.2, 0.25) is 0 Å². The predicted octanol–water partition coefficient (Wildman–Crippen LogP) is 8.43. The van der Waals surface area contributed by atoms with Crippen LogP contribution in [0.3, 0.4) is 0 Å². The SMILES string of the molecule is C=C(Nc1ccc(C)cc1F)c1cc(NC(=C)C2C(c3ccc(F)c(C(C)F)c3)C2(C)Cl)ccc1O. The van der Waals surface area contributed by atoms with E-state index in [4.69, 9.17) is 11.6 Å². The van der Waals surface area contributed by atoms with Crippen LogP contribution in [0, 0.1) is 24.5 Å². The largest absolute Gasteiger partial charge is 0.507 e. The number of alkyl halides is 2. The lowest BCUT2D eigenvalue weighted by molar-refractivity contribution is 0.361. The fourth-order valence-electron chi connectivity index (χ4n) is 4.67. The molecular formula is C29H28ClF3N2O. The van der Waals surface area contributed by atoms with Gasteiger partial charge in [-0.05, 0) is 74.4 Å². The van der Waals surface area contributed by atoms with Gasteiger partial charge in [0.05, 0.1) is 10.6 Å². The number of aromatic hydroxyl groups is 1. The van der Waals surface area contributed by atoms with Crippen molar-refractivity contribution < 1.29 is 18.3 Å². The molecule has 4 atom stereocenters. The molecule has 0 heterocycles. The van der Waals surface area contributed by atoms with Crippen molar-refractivity contribution in [2.24, 2.45) is 5.92 Å². The van der Waals surface area contributed by atoms with Crippen LogP contribution in [0.25, 0.3) is 5.70 Å². The molecule has 36 heavy (non-hydrogen) atoms. The third-order valence-electron chi connectivity index (χ3n) is 6.66. The molecule has 0 spiro atoms. The number of benzene rings is 3. The maximum Gasteiger partial charge on any atom is 0.146 e. The molecule has 3 N–H and O–H groups in total. The van der Waals surface area contributed by atoms with Crippen LogP contribution < -0.4 is 10.6 Å². The van der Waals surface area contributed by atoms with Gasteiger partial charge in [-0.25, -0.2) is 13.2 Å². The van der Waals surface area contributed by atoms with Gasteiger partial charge in [-0.3, -0.25) is 0 Å². The number of halogens is 4. The third kappa shape index (κ3) is 4.96. The lowest BCUT2D eigenvalue weighted by Gasteiger charge is -2.16. The Kier molecular flexibility index (Phi) is 6.84. The molecule has 3 nitrogen and oxygen atoms in total. The molecule has 1 fully saturated rings. The molecule has 0 aromatic heterocycles. The number of phenols is 1. The quantitative estimate of drug-likeness (QED) is 0.209. The van der Waals surface area contributed by atoms with E-state index < -0.39 is 22.7 Å². The van der Waals surface area contributed by atoms with Crippen LogP contribution in [0.4, 0.5) is 24.5 Å². The fraction of sp³-hybridized carbons (Fsp3) is 0.241. The van der Waals surface area contributed by atoms with Crippen LogP contribution in [0.2, 0.25) is 0 Å². The summed E-state index contributed by atoms with van der Waals surface area (Å²) in [6.45, 7) is 13.1. The summed E-state index contributed by atoms with van der Waals surface area (Å²) in [6, 6.07) is 14.0. The molecule has 0 amide bonds. The first kappa shape index (κ1) is 25.7. The number of rotatable bonds is 8. The van der Waals surface area contributed by atoms with E-state index >= 15 is 0 Å². The van der Waals surface area contributed by atoms with Gasteiger partial charge >= 0.3 is 0 Å². The number of hydrogen-bond donors (Lipinski definition) is 3. The van der Waals surface area contributed by atoms with E-state index in [0.29, 0.717) is 22.6 Å². The van der Waals surface area contributed by atoms with Gasteiger partial charge < -0.3 is 15.7 Å². The summed E-state index contributed by atoms with van der Waals surface area (Å²) < 4.78 is 42.1. The highest BCUT2D eigenvalue weighted by atomic mass is 35.5. The predicted molar refractivity (Wildman–Crippen MR) is 141 cm³/mol. The molecule has 3 aromatic rings. The van der Waals surface area contributed by atoms with E-state index in [0.717, 1.165) is 11.1 Å². The van der Waals surface area contributed by atoms with Gasteiger partial charge in [0.1, 0.15) is 23.6 Å². The van der Waals surface area contributed by atoms with Crippen molar-refractivity contribution in [1.29, 1.82) is 0 Å². The Morgan fingerprint density at radius 1 is 1.03 bits per heavy atom. The van der Waals surface area contributed by atoms with Crippen LogP contribution in [-0.2, 0) is 0 Å². The summed E-state index contributed by atoms with van der Waals surface area (Å²) in [7, 11) is 0. The number of phenolic OH excluding ortho intramolecular Hbond substituents is 1. The Labute approximate surface area is 214 Å². The summed E-state index contributed by atoms with van der Waals surface area (Å²) in [4.78, 5) is -0.688. The highest BCUT2D eigenvalue weighted by Gasteiger charge is 2.62. The first-order chi connectivity index (χ1) is 16.9. The van der Waals surface area contributed by atoms with E-state index in [1.165, 1.54) is 31.2 Å². The van der Waals surface area contributed by atoms with Crippen LogP contribution in [0.1, 0.15) is 48.2 Å². The second-order valence-electron chi connectivity index (χ2n) is 9.47. The normalized spacial score (nSPS) is 21.5. The topological polar surface area (TPSA) is 44.3 Å². The standard InChI is InChI=1S/C29H28ClF3N2O/c1-15-6-10-25(24(33)12-15)35-17(3)22-14-20(8-11-26(22)36)34-18(4)27-28(29(27,5)30)19-7-9-23(32)21(13-19)16(2)31/h6-14,16,27-28,34-36H,3-4H2,1-2,5H3. The lowest BCUT2D eigenvalue weighted by Crippen LogP contribution is -2.06. The van der Waals surface area contributed by atoms with Gasteiger partial charge in [-0.15, -0.1) is 11.6 Å². The zero-order chi connectivity index (χ0) is 26.4. The van der Waals surface area contributed by atoms with Gasteiger partial charge in [-0.1, -0.05) is 25.3 Å². The minimum atomic E-state index is -1.43. The third-order valence-corrected chi connectivity index (χ3v) is 7.13. The van der Waals surface area contributed by atoms with E-state index in [1.54, 1.807) is 37.3 Å². The number of anilines is 2. The molecule has 1 saturated carbocycles. The molecule has 7 heteroatoms. The summed E-state index contributed by atoms with van der Waals surface area (Å²) in [5.41, 5.74) is 3.72. The van der Waals surface area contributed by atoms with Crippen LogP contribution in [0.5, 0.6) is 5.75 Å². The average molecular weight is 513 g/mol. The van der Waals surface area contributed by atoms with Crippen LogP contribution >= 0.6 is 11.6 Å². The number of allylic oxidation sites excluding steroid dienone is 1. The molecule has 4 rings (SSSR count). The van der Waals surface area contributed by atoms with Crippen molar-refractivity contribution in [2.75, 3.05) is 10.6 Å². The van der Waals surface area contributed by atoms with Gasteiger partial charge in [0.25, 0.3) is 0 Å². The highest BCUT2D eigenvalue weighted by molar-refractivity contribution is 6.27. The molecule has 0 radical (unpaired) electrons. The Balaban J connectivity index is 1.52. The minimum Gasteiger partial charge on any atom is -0.507 e. The molecule has 1 aliphatic carbocycles. The molecule has 1 aliphatic rings. The smallest absolute Gasteiger partial charge is 0.146 e. The van der Waals surface area contributed by atoms with Gasteiger partial charge in [-0.2, -0.15) is 0 Å². The first-order valence-electron chi connectivity index (χ1n) is 11.5. The Morgan fingerprint density at radius 3 is 2.42 bits per heavy atom. The highest BCUT2D eigenvalue weighted by Crippen LogP contribution is 2.64. The molecule has 4 unspecified atom stereocenters. The number of hydrogen-bond acceptors (Lipinski definition) is 3. The van der Waals surface area contributed by atoms with Crippen molar-refractivity contribution in [3.63, 3.8) is 0 Å². The Hall–Kier alpha value is -3.38. The van der Waals surface area contributed by atoms with Gasteiger partial charge in [0, 0.05) is 40.0 Å². The second-order valence-corrected chi connectivity index (χ2v) is 10.3. The van der Waals surface area contributed by atoms with Crippen molar-refractivity contribution in [3.05, 3.63) is 107 Å². The molecular weight excluding hydrogens is 485 g/mol. The zero-order valence-electron chi connectivity index (χ0n) is 20.3. The van der Waals surface area contributed by atoms with Crippen molar-refractivity contribution in [2.45, 2.75) is 37.7 Å². The van der Waals surface area contributed by atoms with Crippen molar-refractivity contribution in [3.8, 4) is 5.75 Å². The minimum absolute atomic E-state index is 0.00314. The average Bonchev–Trinajstić information content (AvgIpc) is 3.39. The summed E-state index contributed by atoms with van der Waals surface area (Å²) in [6.07, 6.45) is -1.43. The Morgan fingerprint density at radius 2 is 1.75 bits per heavy atom. The molecule has 3 aromatic carbocycles. The van der Waals surface area contributed by atoms with Crippen molar-refractivity contribution in [1.82, 2.24) is 0 Å². The molecule has 0 bridgehead atoms. The van der Waals surface area contributed by atoms with Crippen LogP contribution in [-0.4, -0.2) is 9.98 Å². The zero-order valence-corrected chi connectivity index (χ0v) is 21.1. The molecule has 188 valence electrons. The number of aryl methyl sites for hydroxylation is 1. The summed E-state index contributed by atoms with van der Waals surface area (Å²) in [5.74, 6) is -1.43. The van der Waals surface area contributed by atoms with E-state index in [1.807, 2.05) is 6.92 Å². The van der Waals surface area contributed by atoms with Gasteiger partial charge in [0.15, 0.2) is 0 Å². The fourth-order valence-corrected chi connectivity index (χ4v) is 5.12. The first-order valence-corrected chi connectivity index (χ1v) is 11.9. The second kappa shape index (κ2) is 9.58. The summed E-state index contributed by atoms with van der Waals surface area (Å²) >= 11 is 6.78. The molecule has 0 saturated heterocycles. The van der Waals surface area contributed by atoms with E-state index in [9.17, 15) is 18.3 Å². The maximum atomic E-state index is 14.3. The van der Waals surface area contributed by atoms with E-state index in [2.05, 4.69) is 23.8 Å². The Bertz CT molecular complexity index is 1350. The number of nitrogens with one attached hydrogen (secondary N) is 2. The van der Waals surface area contributed by atoms with Crippen LogP contribution in [0.15, 0.2) is 73.5 Å². The van der Waals surface area contributed by atoms with E-state index in [-0.39, 0.29) is 28.8 Å². The maximum absolute atomic E-state index is 14.3. The summed E-state index contributed by atoms with van der Waals surface area (Å²) in [5, 5.41) is 16.5. The monoisotopic (exact) mass is 512 g/mol. The molecule has 0 aliphatic heterocycles. The van der Waals surface area contributed by atoms with Crippen molar-refractivity contribution >= 4 is 28.7 Å².